The van der Waals surface area contributed by atoms with Gasteiger partial charge in [-0.25, -0.2) is 4.98 Å². The summed E-state index contributed by atoms with van der Waals surface area (Å²) in [5, 5.41) is 0. The Morgan fingerprint density at radius 3 is 2.84 bits per heavy atom. The van der Waals surface area contributed by atoms with Gasteiger partial charge in [-0.2, -0.15) is 0 Å². The largest absolute Gasteiger partial charge is 0.454 e. The molecular weight excluding hydrogens is 322 g/mol. The monoisotopic (exact) mass is 341 g/mol. The standard InChI is InChI=1S/C18H19N3O4/c1-11-12(10-16(23)25-15-8-3-2-7-14(15)22)18(24)21-17(20-11)13-6-4-5-9-19-13/h4-6,9,15H,2-3,7-8,10H2,1H3,(H,20,21,24)/t15-/m1/s1. The van der Waals surface area contributed by atoms with E-state index in [0.717, 1.165) is 12.8 Å². The molecule has 2 aromatic heterocycles. The lowest BCUT2D eigenvalue weighted by molar-refractivity contribution is -0.156. The van der Waals surface area contributed by atoms with Gasteiger partial charge in [0.2, 0.25) is 0 Å². The van der Waals surface area contributed by atoms with Crippen LogP contribution in [0.4, 0.5) is 0 Å². The molecule has 1 aliphatic rings. The van der Waals surface area contributed by atoms with Crippen LogP contribution in [0.25, 0.3) is 11.5 Å². The van der Waals surface area contributed by atoms with Crippen LogP contribution < -0.4 is 5.56 Å². The van der Waals surface area contributed by atoms with Gasteiger partial charge >= 0.3 is 5.97 Å². The van der Waals surface area contributed by atoms with Gasteiger partial charge in [-0.15, -0.1) is 0 Å². The van der Waals surface area contributed by atoms with E-state index >= 15 is 0 Å². The van der Waals surface area contributed by atoms with E-state index in [1.54, 1.807) is 31.3 Å². The fourth-order valence-corrected chi connectivity index (χ4v) is 2.86. The second kappa shape index (κ2) is 7.38. The summed E-state index contributed by atoms with van der Waals surface area (Å²) >= 11 is 0. The number of nitrogens with zero attached hydrogens (tertiary/aromatic N) is 2. The number of aromatic nitrogens is 3. The minimum absolute atomic E-state index is 0.0474. The highest BCUT2D eigenvalue weighted by Gasteiger charge is 2.26. The lowest BCUT2D eigenvalue weighted by Gasteiger charge is -2.20. The summed E-state index contributed by atoms with van der Waals surface area (Å²) in [7, 11) is 0. The zero-order valence-electron chi connectivity index (χ0n) is 13.9. The molecule has 0 bridgehead atoms. The Balaban J connectivity index is 1.75. The van der Waals surface area contributed by atoms with Gasteiger partial charge < -0.3 is 9.72 Å². The molecule has 3 rings (SSSR count). The zero-order valence-corrected chi connectivity index (χ0v) is 13.9. The van der Waals surface area contributed by atoms with Crippen molar-refractivity contribution in [1.29, 1.82) is 0 Å². The van der Waals surface area contributed by atoms with Gasteiger partial charge in [0.25, 0.3) is 5.56 Å². The molecule has 0 unspecified atom stereocenters. The van der Waals surface area contributed by atoms with Gasteiger partial charge in [0.1, 0.15) is 5.69 Å². The summed E-state index contributed by atoms with van der Waals surface area (Å²) in [6.07, 6.45) is 3.42. The summed E-state index contributed by atoms with van der Waals surface area (Å²) in [6, 6.07) is 5.30. The number of Topliss-reactive ketones (excluding diaryl/α,β-unsaturated/α-hetero) is 1. The third-order valence-corrected chi connectivity index (χ3v) is 4.22. The average Bonchev–Trinajstić information content (AvgIpc) is 2.61. The highest BCUT2D eigenvalue weighted by Crippen LogP contribution is 2.18. The van der Waals surface area contributed by atoms with E-state index in [1.165, 1.54) is 0 Å². The number of pyridine rings is 1. The van der Waals surface area contributed by atoms with Crippen LogP contribution in [0.3, 0.4) is 0 Å². The minimum Gasteiger partial charge on any atom is -0.454 e. The summed E-state index contributed by atoms with van der Waals surface area (Å²) in [4.78, 5) is 47.3. The molecule has 1 saturated carbocycles. The number of hydrogen-bond donors (Lipinski definition) is 1. The maximum Gasteiger partial charge on any atom is 0.311 e. The van der Waals surface area contributed by atoms with E-state index in [4.69, 9.17) is 4.74 Å². The smallest absolute Gasteiger partial charge is 0.311 e. The fraction of sp³-hybridized carbons (Fsp3) is 0.389. The van der Waals surface area contributed by atoms with Crippen molar-refractivity contribution in [3.8, 4) is 11.5 Å². The second-order valence-electron chi connectivity index (χ2n) is 6.06. The van der Waals surface area contributed by atoms with Gasteiger partial charge in [-0.1, -0.05) is 6.07 Å². The third kappa shape index (κ3) is 3.99. The molecule has 0 radical (unpaired) electrons. The number of hydrogen-bond acceptors (Lipinski definition) is 6. The Labute approximate surface area is 144 Å². The fourth-order valence-electron chi connectivity index (χ4n) is 2.86. The van der Waals surface area contributed by atoms with Crippen molar-refractivity contribution < 1.29 is 14.3 Å². The Morgan fingerprint density at radius 2 is 2.16 bits per heavy atom. The summed E-state index contributed by atoms with van der Waals surface area (Å²) < 4.78 is 5.25. The maximum absolute atomic E-state index is 12.3. The molecule has 1 aliphatic carbocycles. The highest BCUT2D eigenvalue weighted by atomic mass is 16.5. The number of ether oxygens (including phenoxy) is 1. The molecule has 25 heavy (non-hydrogen) atoms. The van der Waals surface area contributed by atoms with Crippen LogP contribution in [0.1, 0.15) is 36.9 Å². The number of aromatic amines is 1. The number of H-pyrrole nitrogens is 1. The van der Waals surface area contributed by atoms with Crippen LogP contribution in [-0.2, 0) is 20.7 Å². The molecule has 7 heteroatoms. The van der Waals surface area contributed by atoms with E-state index in [9.17, 15) is 14.4 Å². The van der Waals surface area contributed by atoms with E-state index in [0.29, 0.717) is 30.1 Å². The van der Waals surface area contributed by atoms with Crippen molar-refractivity contribution in [2.24, 2.45) is 0 Å². The number of ketones is 1. The number of rotatable bonds is 4. The first kappa shape index (κ1) is 17.0. The minimum atomic E-state index is -0.679. The van der Waals surface area contributed by atoms with Gasteiger partial charge in [0.15, 0.2) is 17.7 Å². The predicted molar refractivity (Wildman–Crippen MR) is 89.9 cm³/mol. The Morgan fingerprint density at radius 1 is 1.32 bits per heavy atom. The van der Waals surface area contributed by atoms with Crippen molar-refractivity contribution in [2.75, 3.05) is 0 Å². The zero-order chi connectivity index (χ0) is 17.8. The lowest BCUT2D eigenvalue weighted by Crippen LogP contribution is -2.31. The molecule has 2 heterocycles. The SMILES string of the molecule is Cc1nc(-c2ccccn2)[nH]c(=O)c1CC(=O)O[C@@H]1CCCCC1=O. The van der Waals surface area contributed by atoms with Gasteiger partial charge in [0.05, 0.1) is 6.42 Å². The maximum atomic E-state index is 12.3. The number of esters is 1. The first-order valence-corrected chi connectivity index (χ1v) is 8.28. The summed E-state index contributed by atoms with van der Waals surface area (Å²) in [5.41, 5.74) is 0.828. The molecule has 0 spiro atoms. The van der Waals surface area contributed by atoms with Crippen molar-refractivity contribution in [3.05, 3.63) is 46.0 Å². The molecule has 0 amide bonds. The van der Waals surface area contributed by atoms with Crippen LogP contribution in [-0.4, -0.2) is 32.8 Å². The third-order valence-electron chi connectivity index (χ3n) is 4.22. The van der Waals surface area contributed by atoms with Gasteiger partial charge in [0, 0.05) is 23.9 Å². The molecular formula is C18H19N3O4. The second-order valence-corrected chi connectivity index (χ2v) is 6.06. The van der Waals surface area contributed by atoms with Crippen LogP contribution in [0, 0.1) is 6.92 Å². The molecule has 1 fully saturated rings. The van der Waals surface area contributed by atoms with Crippen molar-refractivity contribution in [2.45, 2.75) is 45.1 Å². The topological polar surface area (TPSA) is 102 Å². The Kier molecular flexibility index (Phi) is 5.02. The van der Waals surface area contributed by atoms with E-state index in [1.807, 2.05) is 0 Å². The Hall–Kier alpha value is -2.83. The average molecular weight is 341 g/mol. The van der Waals surface area contributed by atoms with Crippen LogP contribution in [0.2, 0.25) is 0 Å². The summed E-state index contributed by atoms with van der Waals surface area (Å²) in [5.74, 6) is -0.280. The van der Waals surface area contributed by atoms with Crippen molar-refractivity contribution in [1.82, 2.24) is 15.0 Å². The highest BCUT2D eigenvalue weighted by molar-refractivity contribution is 5.86. The molecule has 0 aromatic carbocycles. The van der Waals surface area contributed by atoms with Crippen LogP contribution in [0.5, 0.6) is 0 Å². The predicted octanol–water partition coefficient (Wildman–Crippen LogP) is 1.74. The quantitative estimate of drug-likeness (QED) is 0.850. The molecule has 0 aliphatic heterocycles. The first-order valence-electron chi connectivity index (χ1n) is 8.28. The van der Waals surface area contributed by atoms with E-state index in [2.05, 4.69) is 15.0 Å². The molecule has 130 valence electrons. The molecule has 2 aromatic rings. The summed E-state index contributed by atoms with van der Waals surface area (Å²) in [6.45, 7) is 1.66. The number of nitrogens with one attached hydrogen (secondary N) is 1. The number of aryl methyl sites for hydroxylation is 1. The first-order chi connectivity index (χ1) is 12.0. The molecule has 1 atom stereocenters. The van der Waals surface area contributed by atoms with Crippen LogP contribution >= 0.6 is 0 Å². The number of carbonyl (C=O) groups is 2. The van der Waals surface area contributed by atoms with Gasteiger partial charge in [-0.05, 0) is 38.3 Å². The molecule has 0 saturated heterocycles. The normalized spacial score (nSPS) is 17.3. The van der Waals surface area contributed by atoms with E-state index in [-0.39, 0.29) is 17.8 Å². The number of carbonyl (C=O) groups excluding carboxylic acids is 2. The van der Waals surface area contributed by atoms with Crippen molar-refractivity contribution in [3.63, 3.8) is 0 Å². The lowest BCUT2D eigenvalue weighted by atomic mass is 9.96. The Bertz CT molecular complexity index is 845. The van der Waals surface area contributed by atoms with Crippen LogP contribution in [0.15, 0.2) is 29.2 Å². The van der Waals surface area contributed by atoms with E-state index < -0.39 is 17.6 Å². The molecule has 1 N–H and O–H groups in total. The van der Waals surface area contributed by atoms with Crippen molar-refractivity contribution >= 4 is 11.8 Å². The molecule has 7 nitrogen and oxygen atoms in total. The van der Waals surface area contributed by atoms with Gasteiger partial charge in [-0.3, -0.25) is 19.4 Å².